The lowest BCUT2D eigenvalue weighted by molar-refractivity contribution is -0.385. The van der Waals surface area contributed by atoms with Gasteiger partial charge >= 0.3 is 0 Å². The largest absolute Gasteiger partial charge is 0.314 e. The first kappa shape index (κ1) is 15.8. The molecule has 0 unspecified atom stereocenters. The van der Waals surface area contributed by atoms with Gasteiger partial charge in [-0.2, -0.15) is 0 Å². The van der Waals surface area contributed by atoms with Gasteiger partial charge in [0.1, 0.15) is 10.7 Å². The fourth-order valence-electron chi connectivity index (χ4n) is 1.79. The van der Waals surface area contributed by atoms with Crippen molar-refractivity contribution in [1.29, 1.82) is 0 Å². The average Bonchev–Trinajstić information content (AvgIpc) is 3.21. The van der Waals surface area contributed by atoms with E-state index in [1.54, 1.807) is 0 Å². The van der Waals surface area contributed by atoms with Crippen molar-refractivity contribution in [3.05, 3.63) is 34.1 Å². The van der Waals surface area contributed by atoms with E-state index in [1.807, 2.05) is 0 Å². The van der Waals surface area contributed by atoms with E-state index in [9.17, 15) is 22.9 Å². The average molecular weight is 317 g/mol. The number of hydrogen-bond donors (Lipinski definition) is 2. The first-order valence-electron chi connectivity index (χ1n) is 6.57. The minimum absolute atomic E-state index is 0.179. The number of nitro groups is 1. The summed E-state index contributed by atoms with van der Waals surface area (Å²) in [4.78, 5) is 9.12. The topological polar surface area (TPSA) is 101 Å². The van der Waals surface area contributed by atoms with Crippen LogP contribution in [0.15, 0.2) is 23.1 Å². The third kappa shape index (κ3) is 4.45. The van der Waals surface area contributed by atoms with E-state index in [1.165, 1.54) is 0 Å². The normalized spacial score (nSPS) is 15.1. The van der Waals surface area contributed by atoms with E-state index in [0.717, 1.165) is 25.0 Å². The summed E-state index contributed by atoms with van der Waals surface area (Å²) in [5.74, 6) is -1.13. The summed E-state index contributed by atoms with van der Waals surface area (Å²) in [5, 5.41) is 13.7. The highest BCUT2D eigenvalue weighted by molar-refractivity contribution is 7.89. The Bertz CT molecular complexity index is 631. The Morgan fingerprint density at radius 1 is 1.33 bits per heavy atom. The second kappa shape index (κ2) is 6.46. The van der Waals surface area contributed by atoms with Gasteiger partial charge in [0, 0.05) is 18.7 Å². The summed E-state index contributed by atoms with van der Waals surface area (Å²) in [5.41, 5.74) is -0.486. The highest BCUT2D eigenvalue weighted by atomic mass is 32.2. The van der Waals surface area contributed by atoms with Gasteiger partial charge in [0.15, 0.2) is 0 Å². The van der Waals surface area contributed by atoms with Crippen molar-refractivity contribution in [1.82, 2.24) is 10.0 Å². The molecule has 0 aliphatic heterocycles. The number of benzene rings is 1. The molecule has 1 aromatic rings. The van der Waals surface area contributed by atoms with Crippen molar-refractivity contribution in [3.8, 4) is 0 Å². The van der Waals surface area contributed by atoms with Gasteiger partial charge < -0.3 is 5.32 Å². The van der Waals surface area contributed by atoms with E-state index < -0.39 is 31.3 Å². The maximum Gasteiger partial charge on any atom is 0.272 e. The van der Waals surface area contributed by atoms with Crippen LogP contribution < -0.4 is 10.0 Å². The minimum atomic E-state index is -3.99. The van der Waals surface area contributed by atoms with Gasteiger partial charge in [-0.1, -0.05) is 0 Å². The van der Waals surface area contributed by atoms with Crippen LogP contribution in [-0.4, -0.2) is 32.5 Å². The summed E-state index contributed by atoms with van der Waals surface area (Å²) >= 11 is 0. The molecule has 1 saturated carbocycles. The molecule has 1 aliphatic rings. The summed E-state index contributed by atoms with van der Waals surface area (Å²) in [6, 6.07) is 3.02. The molecule has 21 heavy (non-hydrogen) atoms. The summed E-state index contributed by atoms with van der Waals surface area (Å²) in [6.07, 6.45) is 2.89. The number of halogens is 1. The third-order valence-corrected chi connectivity index (χ3v) is 4.57. The lowest BCUT2D eigenvalue weighted by Gasteiger charge is -2.08. The van der Waals surface area contributed by atoms with Crippen LogP contribution in [0.2, 0.25) is 0 Å². The molecular formula is C12H16FN3O4S. The zero-order chi connectivity index (χ0) is 15.5. The number of nitro benzene ring substituents is 1. The van der Waals surface area contributed by atoms with Gasteiger partial charge in [-0.3, -0.25) is 10.1 Å². The smallest absolute Gasteiger partial charge is 0.272 e. The molecule has 0 saturated heterocycles. The summed E-state index contributed by atoms with van der Waals surface area (Å²) in [7, 11) is -3.99. The molecule has 1 aromatic carbocycles. The van der Waals surface area contributed by atoms with Gasteiger partial charge in [0.25, 0.3) is 5.69 Å². The molecule has 7 nitrogen and oxygen atoms in total. The Hall–Kier alpha value is -1.58. The molecule has 0 amide bonds. The number of non-ortho nitro benzene ring substituents is 1. The van der Waals surface area contributed by atoms with Gasteiger partial charge in [0.05, 0.1) is 11.0 Å². The second-order valence-electron chi connectivity index (χ2n) is 4.85. The number of sulfonamides is 1. The zero-order valence-electron chi connectivity index (χ0n) is 11.2. The molecule has 0 aromatic heterocycles. The lowest BCUT2D eigenvalue weighted by atomic mass is 10.3. The van der Waals surface area contributed by atoms with Crippen molar-refractivity contribution in [2.24, 2.45) is 0 Å². The predicted octanol–water partition coefficient (Wildman–Crippen LogP) is 1.15. The molecule has 1 fully saturated rings. The molecule has 0 heterocycles. The van der Waals surface area contributed by atoms with Crippen LogP contribution in [0, 0.1) is 15.9 Å². The quantitative estimate of drug-likeness (QED) is 0.425. The molecule has 9 heteroatoms. The van der Waals surface area contributed by atoms with Crippen LogP contribution in [0.4, 0.5) is 10.1 Å². The Morgan fingerprint density at radius 2 is 2.05 bits per heavy atom. The van der Waals surface area contributed by atoms with Crippen LogP contribution in [-0.2, 0) is 10.0 Å². The standard InChI is InChI=1S/C12H16FN3O4S/c13-11-8-10(16(17)18)4-5-12(11)21(19,20)15-7-1-6-14-9-2-3-9/h4-5,8-9,14-15H,1-3,6-7H2. The van der Waals surface area contributed by atoms with Crippen LogP contribution in [0.1, 0.15) is 19.3 Å². The molecule has 1 aliphatic carbocycles. The van der Waals surface area contributed by atoms with Crippen molar-refractivity contribution >= 4 is 15.7 Å². The first-order chi connectivity index (χ1) is 9.90. The van der Waals surface area contributed by atoms with Crippen LogP contribution in [0.5, 0.6) is 0 Å². The monoisotopic (exact) mass is 317 g/mol. The van der Waals surface area contributed by atoms with Gasteiger partial charge in [-0.15, -0.1) is 0 Å². The minimum Gasteiger partial charge on any atom is -0.314 e. The molecule has 0 radical (unpaired) electrons. The van der Waals surface area contributed by atoms with Crippen LogP contribution in [0.25, 0.3) is 0 Å². The van der Waals surface area contributed by atoms with Crippen LogP contribution in [0.3, 0.4) is 0 Å². The summed E-state index contributed by atoms with van der Waals surface area (Å²) in [6.45, 7) is 0.869. The third-order valence-electron chi connectivity index (χ3n) is 3.07. The lowest BCUT2D eigenvalue weighted by Crippen LogP contribution is -2.28. The molecular weight excluding hydrogens is 301 g/mol. The van der Waals surface area contributed by atoms with E-state index in [4.69, 9.17) is 0 Å². The van der Waals surface area contributed by atoms with E-state index in [-0.39, 0.29) is 6.54 Å². The predicted molar refractivity (Wildman–Crippen MR) is 73.9 cm³/mol. The Kier molecular flexibility index (Phi) is 4.86. The molecule has 0 bridgehead atoms. The highest BCUT2D eigenvalue weighted by Gasteiger charge is 2.22. The molecule has 116 valence electrons. The van der Waals surface area contributed by atoms with Crippen molar-refractivity contribution in [2.45, 2.75) is 30.2 Å². The maximum absolute atomic E-state index is 13.7. The second-order valence-corrected chi connectivity index (χ2v) is 6.59. The van der Waals surface area contributed by atoms with Crippen molar-refractivity contribution in [2.75, 3.05) is 13.1 Å². The Labute approximate surface area is 121 Å². The first-order valence-corrected chi connectivity index (χ1v) is 8.05. The SMILES string of the molecule is O=[N+]([O-])c1ccc(S(=O)(=O)NCCCNC2CC2)c(F)c1. The fraction of sp³-hybridized carbons (Fsp3) is 0.500. The Morgan fingerprint density at radius 3 is 2.62 bits per heavy atom. The maximum atomic E-state index is 13.7. The number of nitrogens with zero attached hydrogens (tertiary/aromatic N) is 1. The van der Waals surface area contributed by atoms with E-state index in [2.05, 4.69) is 10.0 Å². The molecule has 0 spiro atoms. The Balaban J connectivity index is 1.92. The number of nitrogens with one attached hydrogen (secondary N) is 2. The van der Waals surface area contributed by atoms with Gasteiger partial charge in [-0.05, 0) is 31.9 Å². The zero-order valence-corrected chi connectivity index (χ0v) is 12.0. The van der Waals surface area contributed by atoms with Crippen LogP contribution >= 0.6 is 0 Å². The van der Waals surface area contributed by atoms with Gasteiger partial charge in [0.2, 0.25) is 10.0 Å². The number of hydrogen-bond acceptors (Lipinski definition) is 5. The van der Waals surface area contributed by atoms with Crippen molar-refractivity contribution < 1.29 is 17.7 Å². The van der Waals surface area contributed by atoms with E-state index >= 15 is 0 Å². The van der Waals surface area contributed by atoms with Crippen molar-refractivity contribution in [3.63, 3.8) is 0 Å². The molecule has 2 N–H and O–H groups in total. The molecule has 0 atom stereocenters. The fourth-order valence-corrected chi connectivity index (χ4v) is 2.92. The van der Waals surface area contributed by atoms with E-state index in [0.29, 0.717) is 25.1 Å². The summed E-state index contributed by atoms with van der Waals surface area (Å²) < 4.78 is 39.7. The number of rotatable bonds is 8. The van der Waals surface area contributed by atoms with Gasteiger partial charge in [-0.25, -0.2) is 17.5 Å². The molecule has 2 rings (SSSR count). The highest BCUT2D eigenvalue weighted by Crippen LogP contribution is 2.20.